The van der Waals surface area contributed by atoms with Gasteiger partial charge in [-0.1, -0.05) is 210 Å². The molecular formula is C66H86N2O4P+. The van der Waals surface area contributed by atoms with Crippen LogP contribution in [0.25, 0.3) is 0 Å². The van der Waals surface area contributed by atoms with Gasteiger partial charge in [0, 0.05) is 13.1 Å². The molecule has 6 rings (SSSR count). The molecule has 0 heterocycles. The lowest BCUT2D eigenvalue weighted by Crippen LogP contribution is -2.42. The van der Waals surface area contributed by atoms with E-state index in [9.17, 15) is 19.8 Å². The highest BCUT2D eigenvalue weighted by Crippen LogP contribution is 2.57. The maximum atomic E-state index is 13.9. The number of nitrogens with one attached hydrogen (secondary N) is 2. The van der Waals surface area contributed by atoms with Crippen LogP contribution in [-0.2, 0) is 55.2 Å². The van der Waals surface area contributed by atoms with Crippen LogP contribution in [0.4, 0.5) is 0 Å². The number of carbonyl (C=O) groups is 2. The summed E-state index contributed by atoms with van der Waals surface area (Å²) < 4.78 is 0. The van der Waals surface area contributed by atoms with Gasteiger partial charge in [-0.3, -0.25) is 9.59 Å². The molecule has 6 nitrogen and oxygen atoms in total. The van der Waals surface area contributed by atoms with E-state index in [2.05, 4.69) is 202 Å². The molecule has 4 N–H and O–H groups in total. The van der Waals surface area contributed by atoms with Gasteiger partial charge in [-0.2, -0.15) is 0 Å². The highest BCUT2D eigenvalue weighted by Gasteiger charge is 2.51. The number of amides is 2. The van der Waals surface area contributed by atoms with E-state index in [0.717, 1.165) is 16.4 Å². The van der Waals surface area contributed by atoms with Gasteiger partial charge in [-0.25, -0.2) is 0 Å². The first-order valence-corrected chi connectivity index (χ1v) is 27.9. The Morgan fingerprint density at radius 1 is 0.370 bits per heavy atom. The SMILES string of the molecule is CC(C)(C)c1cc(C(C)(C)C)cc([P+](c2cc(CNC(=O)[C@@H](O)c3ccccc3)cc(CNC(=O)[C@@H](O)c3ccccc3)c2)(c2cc(C(C)(C)C)cc(C(C)(C)C)c2)c2cc(C(C)(C)C)cc(C(C)(C)C)c2)c1. The maximum Gasteiger partial charge on any atom is 0.253 e. The first-order chi connectivity index (χ1) is 33.6. The second-order valence-electron chi connectivity index (χ2n) is 26.5. The largest absolute Gasteiger partial charge is 0.378 e. The number of hydrogen-bond acceptors (Lipinski definition) is 4. The minimum Gasteiger partial charge on any atom is -0.378 e. The van der Waals surface area contributed by atoms with Crippen molar-refractivity contribution >= 4 is 40.3 Å². The summed E-state index contributed by atoms with van der Waals surface area (Å²) in [7, 11) is -3.09. The smallest absolute Gasteiger partial charge is 0.253 e. The van der Waals surface area contributed by atoms with Gasteiger partial charge in [0.2, 0.25) is 0 Å². The molecule has 0 unspecified atom stereocenters. The summed E-state index contributed by atoms with van der Waals surface area (Å²) in [5.41, 5.74) is 8.85. The molecule has 0 bridgehead atoms. The Morgan fingerprint density at radius 3 is 0.836 bits per heavy atom. The van der Waals surface area contributed by atoms with E-state index < -0.39 is 31.3 Å². The minimum atomic E-state index is -3.09. The molecule has 0 fully saturated rings. The van der Waals surface area contributed by atoms with Crippen LogP contribution in [0, 0.1) is 0 Å². The van der Waals surface area contributed by atoms with E-state index >= 15 is 0 Å². The van der Waals surface area contributed by atoms with Crippen LogP contribution < -0.4 is 31.9 Å². The Labute approximate surface area is 440 Å². The van der Waals surface area contributed by atoms with Gasteiger partial charge in [-0.15, -0.1) is 0 Å². The summed E-state index contributed by atoms with van der Waals surface area (Å²) in [5, 5.41) is 33.6. The highest BCUT2D eigenvalue weighted by molar-refractivity contribution is 8.01. The van der Waals surface area contributed by atoms with Gasteiger partial charge in [0.25, 0.3) is 11.8 Å². The molecule has 388 valence electrons. The monoisotopic (exact) mass is 1000 g/mol. The zero-order chi connectivity index (χ0) is 54.3. The third kappa shape index (κ3) is 13.3. The zero-order valence-electron chi connectivity index (χ0n) is 47.4. The van der Waals surface area contributed by atoms with Gasteiger partial charge >= 0.3 is 0 Å². The molecule has 0 aliphatic carbocycles. The Kier molecular flexibility index (Phi) is 16.4. The summed E-state index contributed by atoms with van der Waals surface area (Å²) in [6.45, 7) is 41.6. The number of aliphatic hydroxyl groups is 2. The molecule has 0 saturated heterocycles. The van der Waals surface area contributed by atoms with E-state index in [1.807, 2.05) is 42.5 Å². The first kappa shape index (κ1) is 56.9. The zero-order valence-corrected chi connectivity index (χ0v) is 48.3. The second-order valence-corrected chi connectivity index (χ2v) is 30.0. The Morgan fingerprint density at radius 2 is 0.603 bits per heavy atom. The maximum absolute atomic E-state index is 13.9. The molecule has 0 saturated carbocycles. The van der Waals surface area contributed by atoms with Crippen molar-refractivity contribution in [3.63, 3.8) is 0 Å². The van der Waals surface area contributed by atoms with Crippen LogP contribution >= 0.6 is 7.26 Å². The van der Waals surface area contributed by atoms with Gasteiger partial charge in [-0.05, 0) is 137 Å². The molecular weight excluding hydrogens is 916 g/mol. The van der Waals surface area contributed by atoms with Crippen molar-refractivity contribution in [2.24, 2.45) is 0 Å². The molecule has 0 aromatic heterocycles. The predicted molar refractivity (Wildman–Crippen MR) is 310 cm³/mol. The van der Waals surface area contributed by atoms with Crippen molar-refractivity contribution in [3.8, 4) is 0 Å². The normalized spacial score (nSPS) is 13.9. The number of carbonyl (C=O) groups excluding carboxylic acids is 2. The summed E-state index contributed by atoms with van der Waals surface area (Å²) in [4.78, 5) is 27.8. The molecule has 6 aromatic carbocycles. The molecule has 0 aliphatic heterocycles. The summed E-state index contributed by atoms with van der Waals surface area (Å²) in [5.74, 6) is -1.02. The van der Waals surface area contributed by atoms with Crippen molar-refractivity contribution in [3.05, 3.63) is 189 Å². The van der Waals surface area contributed by atoms with Gasteiger partial charge in [0.1, 0.15) is 28.5 Å². The third-order valence-corrected chi connectivity index (χ3v) is 18.3. The molecule has 0 aliphatic rings. The Hall–Kier alpha value is -5.39. The van der Waals surface area contributed by atoms with E-state index in [-0.39, 0.29) is 45.6 Å². The fraction of sp³-hybridized carbons (Fsp3) is 0.424. The average Bonchev–Trinajstić information content (AvgIpc) is 3.31. The van der Waals surface area contributed by atoms with E-state index in [4.69, 9.17) is 0 Å². The van der Waals surface area contributed by atoms with E-state index in [0.29, 0.717) is 11.1 Å². The fourth-order valence-electron chi connectivity index (χ4n) is 9.19. The van der Waals surface area contributed by atoms with Crippen molar-refractivity contribution in [2.75, 3.05) is 0 Å². The lowest BCUT2D eigenvalue weighted by atomic mass is 9.81. The topological polar surface area (TPSA) is 98.7 Å². The Bertz CT molecular complexity index is 2560. The lowest BCUT2D eigenvalue weighted by Gasteiger charge is -2.35. The minimum absolute atomic E-state index is 0.115. The first-order valence-electron chi connectivity index (χ1n) is 26.1. The van der Waals surface area contributed by atoms with Crippen LogP contribution in [0.2, 0.25) is 0 Å². The molecule has 73 heavy (non-hydrogen) atoms. The summed E-state index contributed by atoms with van der Waals surface area (Å²) in [6.07, 6.45) is -2.73. The summed E-state index contributed by atoms with van der Waals surface area (Å²) >= 11 is 0. The predicted octanol–water partition coefficient (Wildman–Crippen LogP) is 12.8. The van der Waals surface area contributed by atoms with Crippen LogP contribution in [0.15, 0.2) is 133 Å². The van der Waals surface area contributed by atoms with Crippen LogP contribution in [-0.4, -0.2) is 22.0 Å². The third-order valence-electron chi connectivity index (χ3n) is 14.2. The van der Waals surface area contributed by atoms with Crippen LogP contribution in [0.3, 0.4) is 0 Å². The van der Waals surface area contributed by atoms with E-state index in [1.165, 1.54) is 49.3 Å². The van der Waals surface area contributed by atoms with Crippen LogP contribution in [0.1, 0.15) is 192 Å². The van der Waals surface area contributed by atoms with Gasteiger partial charge in [0.15, 0.2) is 12.2 Å². The number of rotatable bonds is 12. The molecule has 0 radical (unpaired) electrons. The van der Waals surface area contributed by atoms with Crippen molar-refractivity contribution in [2.45, 2.75) is 182 Å². The Balaban J connectivity index is 1.84. The average molecular weight is 1000 g/mol. The van der Waals surface area contributed by atoms with Crippen molar-refractivity contribution in [1.82, 2.24) is 10.6 Å². The molecule has 2 amide bonds. The van der Waals surface area contributed by atoms with Crippen molar-refractivity contribution < 1.29 is 19.8 Å². The lowest BCUT2D eigenvalue weighted by molar-refractivity contribution is -0.130. The van der Waals surface area contributed by atoms with Crippen molar-refractivity contribution in [1.29, 1.82) is 0 Å². The fourth-order valence-corrected chi connectivity index (χ4v) is 13.7. The van der Waals surface area contributed by atoms with Crippen LogP contribution in [0.5, 0.6) is 0 Å². The van der Waals surface area contributed by atoms with E-state index in [1.54, 1.807) is 24.3 Å². The summed E-state index contributed by atoms with van der Waals surface area (Å²) in [6, 6.07) is 46.6. The second kappa shape index (κ2) is 21.1. The quantitative estimate of drug-likeness (QED) is 0.0918. The molecule has 6 aromatic rings. The molecule has 7 heteroatoms. The number of hydrogen-bond donors (Lipinski definition) is 4. The highest BCUT2D eigenvalue weighted by atomic mass is 31.2. The number of benzene rings is 6. The number of aliphatic hydroxyl groups excluding tert-OH is 2. The van der Waals surface area contributed by atoms with Gasteiger partial charge in [0.05, 0.1) is 0 Å². The van der Waals surface area contributed by atoms with Gasteiger partial charge < -0.3 is 20.8 Å². The molecule has 2 atom stereocenters. The molecule has 0 spiro atoms. The standard InChI is InChI=1S/C66H85N2O4P/c1-61(2,3)47-32-48(62(4,5)6)36-54(35-47)73(55-37-49(63(7,8)9)33-50(38-55)64(10,11)12,56-39-51(65(13,14)15)34-52(40-56)66(16,17)18)53-30-43(41-67-59(71)57(69)45-25-21-19-22-26-45)29-44(31-53)42-68-60(72)58(70)46-27-23-20-24-28-46/h19-40,57-58,69-70H,41-42H2,1-18H3,(H-,67,68,71,72)/p+1/t57-,58-/m0/s1.